The molecule has 34 heavy (non-hydrogen) atoms. The van der Waals surface area contributed by atoms with E-state index in [9.17, 15) is 10.1 Å². The van der Waals surface area contributed by atoms with Gasteiger partial charge in [-0.15, -0.1) is 0 Å². The van der Waals surface area contributed by atoms with Gasteiger partial charge >= 0.3 is 0 Å². The molecule has 1 heterocycles. The van der Waals surface area contributed by atoms with Crippen LogP contribution in [0.5, 0.6) is 11.5 Å². The molecule has 0 aliphatic heterocycles. The van der Waals surface area contributed by atoms with Crippen molar-refractivity contribution in [2.45, 2.75) is 13.0 Å². The fourth-order valence-electron chi connectivity index (χ4n) is 3.25. The molecule has 0 atom stereocenters. The molecule has 8 nitrogen and oxygen atoms in total. The van der Waals surface area contributed by atoms with Crippen LogP contribution in [0, 0.1) is 22.7 Å². The lowest BCUT2D eigenvalue weighted by Crippen LogP contribution is -2.24. The molecule has 9 heteroatoms. The van der Waals surface area contributed by atoms with Crippen LogP contribution < -0.4 is 14.8 Å². The molecule has 0 bridgehead atoms. The largest absolute Gasteiger partial charge is 0.496 e. The molecule has 3 rings (SSSR count). The Balaban J connectivity index is 2.00. The summed E-state index contributed by atoms with van der Waals surface area (Å²) in [5.74, 6) is 0.448. The first-order valence-electron chi connectivity index (χ1n) is 10.3. The van der Waals surface area contributed by atoms with E-state index in [-0.39, 0.29) is 47.4 Å². The highest BCUT2D eigenvalue weighted by atomic mass is 35.5. The Morgan fingerprint density at radius 1 is 1.15 bits per heavy atom. The fourth-order valence-corrected chi connectivity index (χ4v) is 3.50. The number of nitrogens with zero attached hydrogens (tertiary/aromatic N) is 3. The van der Waals surface area contributed by atoms with Crippen LogP contribution in [0.4, 0.5) is 0 Å². The number of aliphatic hydroxyl groups is 1. The third-order valence-corrected chi connectivity index (χ3v) is 5.25. The average Bonchev–Trinajstić information content (AvgIpc) is 2.87. The first-order chi connectivity index (χ1) is 16.5. The number of pyridine rings is 1. The number of carbonyl (C=O) groups excluding carboxylic acids is 1. The maximum atomic E-state index is 13.2. The monoisotopic (exact) mass is 476 g/mol. The van der Waals surface area contributed by atoms with E-state index in [0.29, 0.717) is 23.3 Å². The van der Waals surface area contributed by atoms with Crippen molar-refractivity contribution in [2.75, 3.05) is 20.3 Å². The Morgan fingerprint density at radius 2 is 1.94 bits per heavy atom. The second-order valence-electron chi connectivity index (χ2n) is 7.09. The zero-order valence-electron chi connectivity index (χ0n) is 18.3. The lowest BCUT2D eigenvalue weighted by Gasteiger charge is -2.16. The molecule has 172 valence electrons. The van der Waals surface area contributed by atoms with E-state index in [0.717, 1.165) is 5.56 Å². The average molecular weight is 477 g/mol. The molecule has 2 N–H and O–H groups in total. The van der Waals surface area contributed by atoms with Gasteiger partial charge in [-0.3, -0.25) is 4.79 Å². The third-order valence-electron chi connectivity index (χ3n) is 4.93. The number of amides is 1. The molecule has 2 aromatic carbocycles. The van der Waals surface area contributed by atoms with Crippen LogP contribution >= 0.6 is 11.6 Å². The molecule has 0 saturated heterocycles. The summed E-state index contributed by atoms with van der Waals surface area (Å²) >= 11 is 6.49. The minimum atomic E-state index is -0.428. The van der Waals surface area contributed by atoms with Crippen molar-refractivity contribution < 1.29 is 19.4 Å². The molecule has 0 fully saturated rings. The first kappa shape index (κ1) is 24.5. The quantitative estimate of drug-likeness (QED) is 0.449. The van der Waals surface area contributed by atoms with Crippen molar-refractivity contribution in [1.82, 2.24) is 10.3 Å². The number of halogens is 1. The normalized spacial score (nSPS) is 10.1. The number of hydrogen-bond acceptors (Lipinski definition) is 7. The summed E-state index contributed by atoms with van der Waals surface area (Å²) < 4.78 is 11.0. The van der Waals surface area contributed by atoms with Gasteiger partial charge in [0.1, 0.15) is 23.3 Å². The van der Waals surface area contributed by atoms with Gasteiger partial charge in [0.05, 0.1) is 35.9 Å². The molecular weight excluding hydrogens is 456 g/mol. The minimum Gasteiger partial charge on any atom is -0.496 e. The lowest BCUT2D eigenvalue weighted by atomic mass is 9.99. The minimum absolute atomic E-state index is 0.0659. The predicted molar refractivity (Wildman–Crippen MR) is 125 cm³/mol. The number of methoxy groups -OCH3 is 1. The van der Waals surface area contributed by atoms with Crippen molar-refractivity contribution in [3.05, 3.63) is 76.1 Å². The van der Waals surface area contributed by atoms with Gasteiger partial charge < -0.3 is 19.9 Å². The number of aromatic nitrogens is 1. The second-order valence-corrected chi connectivity index (χ2v) is 7.49. The Kier molecular flexibility index (Phi) is 8.42. The van der Waals surface area contributed by atoms with Gasteiger partial charge in [-0.25, -0.2) is 4.98 Å². The van der Waals surface area contributed by atoms with E-state index in [1.54, 1.807) is 13.2 Å². The zero-order valence-corrected chi connectivity index (χ0v) is 19.1. The van der Waals surface area contributed by atoms with Crippen molar-refractivity contribution in [3.8, 4) is 34.8 Å². The highest BCUT2D eigenvalue weighted by Crippen LogP contribution is 2.36. The van der Waals surface area contributed by atoms with Gasteiger partial charge in [0.2, 0.25) is 0 Å². The Bertz CT molecular complexity index is 1280. The molecule has 0 unspecified atom stereocenters. The number of para-hydroxylation sites is 1. The van der Waals surface area contributed by atoms with E-state index in [1.165, 1.54) is 24.4 Å². The van der Waals surface area contributed by atoms with Crippen LogP contribution in [0.15, 0.2) is 48.7 Å². The van der Waals surface area contributed by atoms with Crippen LogP contribution in [-0.4, -0.2) is 36.3 Å². The van der Waals surface area contributed by atoms with E-state index in [2.05, 4.69) is 10.3 Å². The standard InChI is InChI=1S/C25H21ClN4O4/c1-33-23-6-3-2-5-16(23)14-30-25(32)20-10-19(22(26)11-24(20)34-8-4-7-31)21-15-29-18(13-28)9-17(21)12-27/h2-3,5-6,9-11,15,31H,4,7-8,14H2,1H3,(H,30,32). The van der Waals surface area contributed by atoms with E-state index >= 15 is 0 Å². The molecular formula is C25H21ClN4O4. The van der Waals surface area contributed by atoms with Gasteiger partial charge in [-0.2, -0.15) is 10.5 Å². The predicted octanol–water partition coefficient (Wildman–Crippen LogP) is 3.85. The maximum Gasteiger partial charge on any atom is 0.255 e. The second kappa shape index (κ2) is 11.7. The highest BCUT2D eigenvalue weighted by Gasteiger charge is 2.20. The number of nitrogens with one attached hydrogen (secondary N) is 1. The molecule has 3 aromatic rings. The number of ether oxygens (including phenoxy) is 2. The summed E-state index contributed by atoms with van der Waals surface area (Å²) in [6.07, 6.45) is 1.75. The number of aliphatic hydroxyl groups excluding tert-OH is 1. The molecule has 0 spiro atoms. The summed E-state index contributed by atoms with van der Waals surface area (Å²) in [5, 5.41) is 30.8. The third kappa shape index (κ3) is 5.62. The number of hydrogen-bond donors (Lipinski definition) is 2. The van der Waals surface area contributed by atoms with Crippen LogP contribution in [0.3, 0.4) is 0 Å². The number of carbonyl (C=O) groups is 1. The van der Waals surface area contributed by atoms with Crippen molar-refractivity contribution in [1.29, 1.82) is 10.5 Å². The lowest BCUT2D eigenvalue weighted by molar-refractivity contribution is 0.0946. The summed E-state index contributed by atoms with van der Waals surface area (Å²) in [7, 11) is 1.55. The Labute approximate surface area is 202 Å². The van der Waals surface area contributed by atoms with Crippen LogP contribution in [0.1, 0.15) is 33.6 Å². The van der Waals surface area contributed by atoms with Crippen LogP contribution in [0.25, 0.3) is 11.1 Å². The summed E-state index contributed by atoms with van der Waals surface area (Å²) in [5.41, 5.74) is 2.05. The van der Waals surface area contributed by atoms with E-state index in [4.69, 9.17) is 31.4 Å². The first-order valence-corrected chi connectivity index (χ1v) is 10.7. The van der Waals surface area contributed by atoms with Crippen molar-refractivity contribution in [3.63, 3.8) is 0 Å². The van der Waals surface area contributed by atoms with Crippen molar-refractivity contribution >= 4 is 17.5 Å². The molecule has 1 aromatic heterocycles. The summed E-state index contributed by atoms with van der Waals surface area (Å²) in [4.78, 5) is 17.2. The summed E-state index contributed by atoms with van der Waals surface area (Å²) in [6, 6.07) is 15.6. The molecule has 0 radical (unpaired) electrons. The molecule has 0 aliphatic carbocycles. The van der Waals surface area contributed by atoms with Gasteiger partial charge in [0.15, 0.2) is 0 Å². The molecule has 0 aliphatic rings. The maximum absolute atomic E-state index is 13.2. The van der Waals surface area contributed by atoms with Crippen LogP contribution in [-0.2, 0) is 6.54 Å². The zero-order chi connectivity index (χ0) is 24.5. The fraction of sp³-hybridized carbons (Fsp3) is 0.200. The van der Waals surface area contributed by atoms with E-state index in [1.807, 2.05) is 30.3 Å². The van der Waals surface area contributed by atoms with E-state index < -0.39 is 5.91 Å². The molecule has 0 saturated carbocycles. The van der Waals surface area contributed by atoms with Crippen LogP contribution in [0.2, 0.25) is 5.02 Å². The van der Waals surface area contributed by atoms with Gasteiger partial charge in [-0.05, 0) is 18.2 Å². The molecule has 1 amide bonds. The highest BCUT2D eigenvalue weighted by molar-refractivity contribution is 6.33. The Morgan fingerprint density at radius 3 is 2.65 bits per heavy atom. The van der Waals surface area contributed by atoms with Gasteiger partial charge in [0.25, 0.3) is 5.91 Å². The van der Waals surface area contributed by atoms with Gasteiger partial charge in [-0.1, -0.05) is 29.8 Å². The van der Waals surface area contributed by atoms with Gasteiger partial charge in [0, 0.05) is 48.5 Å². The number of rotatable bonds is 9. The van der Waals surface area contributed by atoms with Crippen molar-refractivity contribution in [2.24, 2.45) is 0 Å². The number of nitriles is 2. The topological polar surface area (TPSA) is 128 Å². The summed E-state index contributed by atoms with van der Waals surface area (Å²) in [6.45, 7) is 0.323. The SMILES string of the molecule is COc1ccccc1CNC(=O)c1cc(-c2cnc(C#N)cc2C#N)c(Cl)cc1OCCCO. The Hall–Kier alpha value is -4.11. The smallest absolute Gasteiger partial charge is 0.255 e. The number of benzene rings is 2.